The zero-order valence-corrected chi connectivity index (χ0v) is 13.8. The Kier molecular flexibility index (Phi) is 13.7. The van der Waals surface area contributed by atoms with Gasteiger partial charge in [-0.1, -0.05) is 29.3 Å². The van der Waals surface area contributed by atoms with Gasteiger partial charge in [0.15, 0.2) is 0 Å². The van der Waals surface area contributed by atoms with Crippen molar-refractivity contribution in [1.82, 2.24) is 10.6 Å². The van der Waals surface area contributed by atoms with Crippen LogP contribution in [0.15, 0.2) is 18.2 Å². The third kappa shape index (κ3) is 9.74. The van der Waals surface area contributed by atoms with Crippen molar-refractivity contribution in [2.75, 3.05) is 19.6 Å². The molecule has 3 N–H and O–H groups in total. The highest BCUT2D eigenvalue weighted by Gasteiger charge is 2.00. The van der Waals surface area contributed by atoms with Gasteiger partial charge in [0.2, 0.25) is 0 Å². The first kappa shape index (κ1) is 21.6. The van der Waals surface area contributed by atoms with E-state index >= 15 is 0 Å². The molecule has 0 spiro atoms. The van der Waals surface area contributed by atoms with Crippen LogP contribution >= 0.6 is 48.0 Å². The summed E-state index contributed by atoms with van der Waals surface area (Å²) < 4.78 is 0. The standard InChI is InChI=1S/C12H18Cl2N2O.2ClH/c1-9(17)7-15-4-5-16-8-10-2-3-11(13)6-12(10)14;;/h2-3,6,9,15-17H,4-5,7-8H2,1H3;2*1H. The molecule has 0 aliphatic heterocycles. The lowest BCUT2D eigenvalue weighted by Crippen LogP contribution is -2.31. The summed E-state index contributed by atoms with van der Waals surface area (Å²) in [6.45, 7) is 4.73. The topological polar surface area (TPSA) is 44.3 Å². The third-order valence-electron chi connectivity index (χ3n) is 2.25. The van der Waals surface area contributed by atoms with Gasteiger partial charge in [-0.25, -0.2) is 0 Å². The largest absolute Gasteiger partial charge is 0.392 e. The highest BCUT2D eigenvalue weighted by atomic mass is 35.5. The number of hydrogen-bond acceptors (Lipinski definition) is 3. The fourth-order valence-electron chi connectivity index (χ4n) is 1.38. The summed E-state index contributed by atoms with van der Waals surface area (Å²) in [6, 6.07) is 5.49. The van der Waals surface area contributed by atoms with E-state index in [-0.39, 0.29) is 30.9 Å². The molecule has 1 aromatic carbocycles. The highest BCUT2D eigenvalue weighted by Crippen LogP contribution is 2.20. The van der Waals surface area contributed by atoms with Crippen molar-refractivity contribution in [3.63, 3.8) is 0 Å². The first-order valence-electron chi connectivity index (χ1n) is 5.63. The zero-order chi connectivity index (χ0) is 12.7. The molecule has 0 radical (unpaired) electrons. The summed E-state index contributed by atoms with van der Waals surface area (Å²) in [5.74, 6) is 0. The van der Waals surface area contributed by atoms with Crippen LogP contribution in [0.2, 0.25) is 10.0 Å². The lowest BCUT2D eigenvalue weighted by molar-refractivity contribution is 0.191. The Balaban J connectivity index is 0. The molecule has 1 unspecified atom stereocenters. The number of benzene rings is 1. The molecule has 0 bridgehead atoms. The second-order valence-electron chi connectivity index (χ2n) is 3.97. The minimum atomic E-state index is -0.305. The first-order chi connectivity index (χ1) is 8.09. The normalized spacial score (nSPS) is 11.4. The molecule has 0 aliphatic carbocycles. The molecule has 0 aromatic heterocycles. The Morgan fingerprint density at radius 3 is 2.37 bits per heavy atom. The van der Waals surface area contributed by atoms with E-state index in [1.807, 2.05) is 12.1 Å². The van der Waals surface area contributed by atoms with Gasteiger partial charge >= 0.3 is 0 Å². The Labute approximate surface area is 136 Å². The van der Waals surface area contributed by atoms with Gasteiger partial charge in [-0.3, -0.25) is 0 Å². The molecular weight excluding hydrogens is 330 g/mol. The predicted octanol–water partition coefficient (Wildman–Crippen LogP) is 2.90. The second-order valence-corrected chi connectivity index (χ2v) is 4.81. The molecule has 0 saturated heterocycles. The van der Waals surface area contributed by atoms with Crippen molar-refractivity contribution < 1.29 is 5.11 Å². The van der Waals surface area contributed by atoms with Crippen LogP contribution in [-0.4, -0.2) is 30.8 Å². The third-order valence-corrected chi connectivity index (χ3v) is 2.84. The van der Waals surface area contributed by atoms with Crippen molar-refractivity contribution >= 4 is 48.0 Å². The lowest BCUT2D eigenvalue weighted by atomic mass is 10.2. The fraction of sp³-hybridized carbons (Fsp3) is 0.500. The van der Waals surface area contributed by atoms with Crippen molar-refractivity contribution in [2.45, 2.75) is 19.6 Å². The van der Waals surface area contributed by atoms with Crippen LogP contribution in [0.4, 0.5) is 0 Å². The van der Waals surface area contributed by atoms with Gasteiger partial charge in [-0.05, 0) is 24.6 Å². The number of nitrogens with one attached hydrogen (secondary N) is 2. The van der Waals surface area contributed by atoms with Crippen LogP contribution in [0.1, 0.15) is 12.5 Å². The van der Waals surface area contributed by atoms with E-state index in [9.17, 15) is 0 Å². The molecule has 1 atom stereocenters. The number of aliphatic hydroxyl groups excluding tert-OH is 1. The number of halogens is 4. The molecule has 19 heavy (non-hydrogen) atoms. The van der Waals surface area contributed by atoms with E-state index in [1.54, 1.807) is 13.0 Å². The SMILES string of the molecule is CC(O)CNCCNCc1ccc(Cl)cc1Cl.Cl.Cl. The molecular formula is C12H20Cl4N2O. The van der Waals surface area contributed by atoms with Gasteiger partial charge in [0.1, 0.15) is 0 Å². The Hall–Kier alpha value is 0.260. The van der Waals surface area contributed by atoms with Gasteiger partial charge in [-0.2, -0.15) is 0 Å². The predicted molar refractivity (Wildman–Crippen MR) is 87.2 cm³/mol. The Bertz CT molecular complexity index is 351. The first-order valence-corrected chi connectivity index (χ1v) is 6.38. The van der Waals surface area contributed by atoms with Crippen LogP contribution in [0.25, 0.3) is 0 Å². The maximum atomic E-state index is 9.04. The van der Waals surface area contributed by atoms with Gasteiger partial charge in [0.05, 0.1) is 6.10 Å². The lowest BCUT2D eigenvalue weighted by Gasteiger charge is -2.09. The summed E-state index contributed by atoms with van der Waals surface area (Å²) in [4.78, 5) is 0. The average Bonchev–Trinajstić information content (AvgIpc) is 2.25. The van der Waals surface area contributed by atoms with Gasteiger partial charge in [-0.15, -0.1) is 24.8 Å². The van der Waals surface area contributed by atoms with Crippen LogP contribution in [0.3, 0.4) is 0 Å². The maximum Gasteiger partial charge on any atom is 0.0636 e. The van der Waals surface area contributed by atoms with Gasteiger partial charge in [0, 0.05) is 36.2 Å². The monoisotopic (exact) mass is 348 g/mol. The minimum Gasteiger partial charge on any atom is -0.392 e. The van der Waals surface area contributed by atoms with Crippen LogP contribution in [0, 0.1) is 0 Å². The highest BCUT2D eigenvalue weighted by molar-refractivity contribution is 6.35. The summed E-state index contributed by atoms with van der Waals surface area (Å²) in [5.41, 5.74) is 1.03. The fourth-order valence-corrected chi connectivity index (χ4v) is 1.85. The molecule has 0 heterocycles. The van der Waals surface area contributed by atoms with E-state index in [1.165, 1.54) is 0 Å². The molecule has 0 fully saturated rings. The Morgan fingerprint density at radius 2 is 1.79 bits per heavy atom. The average molecular weight is 350 g/mol. The summed E-state index contributed by atoms with van der Waals surface area (Å²) >= 11 is 11.8. The van der Waals surface area contributed by atoms with E-state index in [2.05, 4.69) is 10.6 Å². The molecule has 0 amide bonds. The van der Waals surface area contributed by atoms with Crippen molar-refractivity contribution in [3.05, 3.63) is 33.8 Å². The molecule has 1 rings (SSSR count). The summed E-state index contributed by atoms with van der Waals surface area (Å²) in [5, 5.41) is 16.8. The quantitative estimate of drug-likeness (QED) is 0.663. The molecule has 0 aliphatic rings. The van der Waals surface area contributed by atoms with Crippen LogP contribution in [-0.2, 0) is 6.54 Å². The van der Waals surface area contributed by atoms with Gasteiger partial charge < -0.3 is 15.7 Å². The number of hydrogen-bond donors (Lipinski definition) is 3. The van der Waals surface area contributed by atoms with Crippen LogP contribution in [0.5, 0.6) is 0 Å². The zero-order valence-electron chi connectivity index (χ0n) is 10.7. The molecule has 0 saturated carbocycles. The van der Waals surface area contributed by atoms with Crippen molar-refractivity contribution in [2.24, 2.45) is 0 Å². The number of aliphatic hydroxyl groups is 1. The molecule has 112 valence electrons. The smallest absolute Gasteiger partial charge is 0.0636 e. The van der Waals surface area contributed by atoms with E-state index in [4.69, 9.17) is 28.3 Å². The molecule has 7 heteroatoms. The van der Waals surface area contributed by atoms with E-state index < -0.39 is 0 Å². The summed E-state index contributed by atoms with van der Waals surface area (Å²) in [7, 11) is 0. The molecule has 1 aromatic rings. The summed E-state index contributed by atoms with van der Waals surface area (Å²) in [6.07, 6.45) is -0.305. The van der Waals surface area contributed by atoms with Crippen molar-refractivity contribution in [3.8, 4) is 0 Å². The van der Waals surface area contributed by atoms with E-state index in [0.717, 1.165) is 18.7 Å². The maximum absolute atomic E-state index is 9.04. The number of rotatable bonds is 7. The Morgan fingerprint density at radius 1 is 1.16 bits per heavy atom. The van der Waals surface area contributed by atoms with Crippen LogP contribution < -0.4 is 10.6 Å². The minimum absolute atomic E-state index is 0. The molecule has 3 nitrogen and oxygen atoms in total. The van der Waals surface area contributed by atoms with Crippen molar-refractivity contribution in [1.29, 1.82) is 0 Å². The van der Waals surface area contributed by atoms with E-state index in [0.29, 0.717) is 23.1 Å². The second kappa shape index (κ2) is 12.0. The van der Waals surface area contributed by atoms with Gasteiger partial charge in [0.25, 0.3) is 0 Å².